The Morgan fingerprint density at radius 1 is 0.763 bits per heavy atom. The number of nitrogens with one attached hydrogen (secondary N) is 11. The highest BCUT2D eigenvalue weighted by atomic mass is 32.2. The first-order valence-electron chi connectivity index (χ1n) is 38.4. The number of carbonyl (C=O) groups excluding carboxylic acids is 12. The van der Waals surface area contributed by atoms with Crippen LogP contribution in [0, 0.1) is 17.8 Å². The zero-order valence-electron chi connectivity index (χ0n) is 65.6. The molecule has 0 spiro atoms. The number of imide groups is 1. The molecule has 18 N–H and O–H groups in total. The van der Waals surface area contributed by atoms with Crippen LogP contribution in [0.1, 0.15) is 97.1 Å². The summed E-state index contributed by atoms with van der Waals surface area (Å²) < 4.78 is 60.1. The average molecular weight is 1650 g/mol. The predicted octanol–water partition coefficient (Wildman–Crippen LogP) is -4.47. The first-order chi connectivity index (χ1) is 54.7. The van der Waals surface area contributed by atoms with Gasteiger partial charge in [-0.25, -0.2) is 4.79 Å². The minimum Gasteiger partial charge on any atom is -0.610 e. The predicted molar refractivity (Wildman–Crippen MR) is 412 cm³/mol. The molecule has 13 amide bonds. The van der Waals surface area contributed by atoms with Gasteiger partial charge in [0.2, 0.25) is 70.0 Å². The maximum atomic E-state index is 15.3. The lowest BCUT2D eigenvalue weighted by Crippen LogP contribution is -2.61. The first-order valence-corrected chi connectivity index (χ1v) is 40.9. The molecule has 40 nitrogen and oxygen atoms in total. The number of ether oxygens (including phenoxy) is 8. The number of primary amides is 2. The standard InChI is InChI=1S/C72H116N16O24S2/c1-7-43(4)61(81-58(93)9-3)67(99)77-36-59(94)78-53-42-114(104)69-49(34-51(64(74)96)79-68(100)62(44(5)55(91)40-89)82-66(98)54-33-47(90)39-87(54)71(102)52(35-57(73)92)80-65(53)97)48-12-13-56(105-6)50(63(48)83-69)41-113-31-11-10-14-75-72(103)76-15-17-106-19-21-108-23-25-110-27-29-112-30-28-111-26-24-109-22-20-107-18-16-86-37-46(84-85-86)38-88-60(95)32-45(8-2)70(88)101/h12-13,37,43-45,47,51-55,61-62,83-85,89-91H,7-11,14-36,38-42H2,1-6H3,(H2,73,92)(H2,74,96)(H,77,99)(H,78,94)(H,79,100)(H,80,97)(H,81,93)(H,82,98)(H2,75,76,103)/t43-,44-,45?,47+,51-,52-,53-,54-,55-,61-,62-,114?/m0/s1. The minimum absolute atomic E-state index is 0.0544. The van der Waals surface area contributed by atoms with Gasteiger partial charge in [-0.05, 0) is 43.1 Å². The van der Waals surface area contributed by atoms with Crippen molar-refractivity contribution in [3.05, 3.63) is 35.2 Å². The Kier molecular flexibility index (Phi) is 41.7. The Balaban J connectivity index is 0.952. The maximum Gasteiger partial charge on any atom is 0.314 e. The van der Waals surface area contributed by atoms with Crippen LogP contribution < -0.4 is 69.7 Å². The van der Waals surface area contributed by atoms with Crippen molar-refractivity contribution < 1.29 is 115 Å². The van der Waals surface area contributed by atoms with Gasteiger partial charge in [0.15, 0.2) is 6.04 Å². The largest absolute Gasteiger partial charge is 0.610 e. The Labute approximate surface area is 669 Å². The zero-order valence-corrected chi connectivity index (χ0v) is 67.3. The second-order valence-corrected chi connectivity index (χ2v) is 30.1. The third-order valence-electron chi connectivity index (χ3n) is 19.3. The van der Waals surface area contributed by atoms with Gasteiger partial charge < -0.3 is 127 Å². The lowest BCUT2D eigenvalue weighted by atomic mass is 9.93. The maximum absolute atomic E-state index is 15.3. The van der Waals surface area contributed by atoms with Crippen molar-refractivity contribution in [2.75, 3.05) is 157 Å². The number of nitrogens with two attached hydrogens (primary N) is 2. The molecule has 2 unspecified atom stereocenters. The third kappa shape index (κ3) is 30.4. The van der Waals surface area contributed by atoms with Gasteiger partial charge in [-0.3, -0.25) is 62.6 Å². The number of carbonyl (C=O) groups is 12. The molecule has 5 heterocycles. The highest BCUT2D eigenvalue weighted by Crippen LogP contribution is 2.37. The topological polar surface area (TPSA) is 560 Å². The molecule has 6 rings (SSSR count). The molecule has 12 atom stereocenters. The van der Waals surface area contributed by atoms with Crippen LogP contribution in [0.3, 0.4) is 0 Å². The normalized spacial score (nSPS) is 21.4. The highest BCUT2D eigenvalue weighted by Gasteiger charge is 2.46. The van der Waals surface area contributed by atoms with Crippen molar-refractivity contribution in [2.45, 2.75) is 152 Å². The highest BCUT2D eigenvalue weighted by molar-refractivity contribution is 7.98. The fourth-order valence-corrected chi connectivity index (χ4v) is 14.9. The van der Waals surface area contributed by atoms with Gasteiger partial charge >= 0.3 is 6.03 Å². The number of benzene rings is 1. The van der Waals surface area contributed by atoms with Crippen molar-refractivity contribution >= 4 is 105 Å². The fraction of sp³-hybridized carbons (Fsp3) is 0.694. The van der Waals surface area contributed by atoms with Crippen LogP contribution >= 0.6 is 11.8 Å². The van der Waals surface area contributed by atoms with Gasteiger partial charge in [-0.1, -0.05) is 41.0 Å². The van der Waals surface area contributed by atoms with Gasteiger partial charge in [-0.2, -0.15) is 11.8 Å². The van der Waals surface area contributed by atoms with Crippen LogP contribution in [0.4, 0.5) is 4.79 Å². The van der Waals surface area contributed by atoms with Gasteiger partial charge in [0.1, 0.15) is 41.7 Å². The van der Waals surface area contributed by atoms with Crippen LogP contribution in [-0.2, 0) is 109 Å². The van der Waals surface area contributed by atoms with E-state index in [-0.39, 0.29) is 72.6 Å². The van der Waals surface area contributed by atoms with Crippen LogP contribution in [0.25, 0.3) is 10.9 Å². The number of aromatic nitrogens is 1. The van der Waals surface area contributed by atoms with E-state index in [0.717, 1.165) is 10.6 Å². The molecule has 1 aromatic carbocycles. The molecule has 2 aromatic rings. The summed E-state index contributed by atoms with van der Waals surface area (Å²) in [6, 6.07) is -7.11. The Bertz CT molecular complexity index is 3530. The second kappa shape index (κ2) is 50.3. The first kappa shape index (κ1) is 94.6. The smallest absolute Gasteiger partial charge is 0.314 e. The Morgan fingerprint density at radius 3 is 1.98 bits per heavy atom. The molecule has 0 bridgehead atoms. The van der Waals surface area contributed by atoms with Gasteiger partial charge in [0, 0.05) is 96.8 Å². The van der Waals surface area contributed by atoms with Crippen molar-refractivity contribution in [3.8, 4) is 5.75 Å². The molecule has 0 aliphatic carbocycles. The number of rotatable bonds is 49. The average Bonchev–Trinajstić information content (AvgIpc) is 1.61. The number of likely N-dealkylation sites (tertiary alicyclic amines) is 1. The van der Waals surface area contributed by atoms with Gasteiger partial charge in [-0.15, -0.1) is 5.53 Å². The number of aliphatic hydroxyl groups is 3. The summed E-state index contributed by atoms with van der Waals surface area (Å²) in [4.78, 5) is 167. The van der Waals surface area contributed by atoms with Crippen molar-refractivity contribution in [1.82, 2.24) is 73.3 Å². The quantitative estimate of drug-likeness (QED) is 0.0169. The van der Waals surface area contributed by atoms with E-state index in [9.17, 15) is 72.9 Å². The summed E-state index contributed by atoms with van der Waals surface area (Å²) in [7, 11) is 1.43. The number of fused-ring (bicyclic) bond motifs is 4. The van der Waals surface area contributed by atoms with E-state index in [1.807, 2.05) is 13.1 Å². The number of hydrazine groups is 2. The molecule has 2 saturated heterocycles. The lowest BCUT2D eigenvalue weighted by molar-refractivity contribution is -0.144. The fourth-order valence-electron chi connectivity index (χ4n) is 12.5. The molecule has 0 saturated carbocycles. The van der Waals surface area contributed by atoms with E-state index in [2.05, 4.69) is 58.5 Å². The summed E-state index contributed by atoms with van der Waals surface area (Å²) in [6.45, 7) is 12.6. The molecule has 2 fully saturated rings. The van der Waals surface area contributed by atoms with E-state index in [1.54, 1.807) is 37.9 Å². The molecular formula is C72H116N16O24S2. The van der Waals surface area contributed by atoms with Crippen LogP contribution in [0.15, 0.2) is 29.1 Å². The number of urea groups is 1. The summed E-state index contributed by atoms with van der Waals surface area (Å²) in [5, 5.41) is 54.3. The number of aromatic amines is 1. The molecular weight excluding hydrogens is 1540 g/mol. The van der Waals surface area contributed by atoms with Crippen LogP contribution in [0.2, 0.25) is 0 Å². The van der Waals surface area contributed by atoms with Crippen molar-refractivity contribution in [3.63, 3.8) is 0 Å². The van der Waals surface area contributed by atoms with E-state index < -0.39 is 169 Å². The number of amides is 13. The lowest BCUT2D eigenvalue weighted by Gasteiger charge is -2.32. The summed E-state index contributed by atoms with van der Waals surface area (Å²) in [6.07, 6.45) is -0.448. The Morgan fingerprint density at radius 2 is 1.39 bits per heavy atom. The molecule has 4 aliphatic rings. The van der Waals surface area contributed by atoms with E-state index in [0.29, 0.717) is 153 Å². The second-order valence-electron chi connectivity index (χ2n) is 27.6. The summed E-state index contributed by atoms with van der Waals surface area (Å²) in [5.74, 6) is -10.8. The minimum atomic E-state index is -2.47. The zero-order chi connectivity index (χ0) is 83.2. The molecule has 0 radical (unpaired) electrons. The number of hydrogen-bond acceptors (Lipinski definition) is 28. The number of H-pyrrole nitrogens is 1. The Hall–Kier alpha value is -8.24. The third-order valence-corrected chi connectivity index (χ3v) is 21.8. The summed E-state index contributed by atoms with van der Waals surface area (Å²) >= 11 is -0.992. The number of thioether (sulfide) groups is 1. The molecule has 114 heavy (non-hydrogen) atoms. The van der Waals surface area contributed by atoms with E-state index in [4.69, 9.17) is 49.4 Å². The van der Waals surface area contributed by atoms with E-state index in [1.165, 1.54) is 30.7 Å². The van der Waals surface area contributed by atoms with Crippen molar-refractivity contribution in [1.29, 1.82) is 0 Å². The number of unbranched alkanes of at least 4 members (excludes halogenated alkanes) is 1. The van der Waals surface area contributed by atoms with Gasteiger partial charge in [0.25, 0.3) is 0 Å². The van der Waals surface area contributed by atoms with Crippen LogP contribution in [0.5, 0.6) is 5.75 Å². The number of aliphatic hydroxyl groups excluding tert-OH is 3. The molecule has 1 aromatic heterocycles. The van der Waals surface area contributed by atoms with E-state index >= 15 is 4.55 Å². The molecule has 4 aliphatic heterocycles. The van der Waals surface area contributed by atoms with Crippen molar-refractivity contribution in [2.24, 2.45) is 29.2 Å². The number of nitrogens with zero attached hydrogens (tertiary/aromatic N) is 3. The molecule has 42 heteroatoms. The van der Waals surface area contributed by atoms with Crippen LogP contribution in [-0.4, -0.2) is 316 Å². The van der Waals surface area contributed by atoms with Gasteiger partial charge in [0.05, 0.1) is 156 Å². The number of methoxy groups -OCH3 is 1. The molecule has 640 valence electrons. The monoisotopic (exact) mass is 1650 g/mol. The summed E-state index contributed by atoms with van der Waals surface area (Å²) in [5.41, 5.74) is 19.3. The SMILES string of the molecule is CCC(=O)N[C@H](C(=O)NCC(=O)N[C@H]1C[S+]([O-])c2[nH]c3c(CSCCCCNC(=O)NCCOCCOCCOCCOCCOCCOCCOCCN4C=C(CN5C(=O)CC(CC)C5=O)NN4)c(OC)ccc3c2C[C@@H](C(N)=O)NC(=O)[C@H]([C@@H](C)[C@@H](O)CO)NC(=O)[C@@H]2C[C@@H](O)CN2C(=O)[C@H](CC(N)=O)NC1=O)[C@@H](C)CC. The number of hydrogen-bond donors (Lipinski definition) is 16.